The summed E-state index contributed by atoms with van der Waals surface area (Å²) < 4.78 is 6.39. The van der Waals surface area contributed by atoms with Crippen molar-refractivity contribution in [2.45, 2.75) is 27.7 Å². The lowest BCUT2D eigenvalue weighted by Gasteiger charge is -2.14. The van der Waals surface area contributed by atoms with E-state index in [2.05, 4.69) is 26.6 Å². The normalized spacial score (nSPS) is 14.0. The molecule has 206 valence electrons. The Morgan fingerprint density at radius 1 is 0.900 bits per heavy atom. The third kappa shape index (κ3) is 7.00. The maximum Gasteiger partial charge on any atom is 0.294 e. The van der Waals surface area contributed by atoms with Crippen molar-refractivity contribution in [3.63, 3.8) is 0 Å². The first-order chi connectivity index (χ1) is 19.0. The molecule has 0 bridgehead atoms. The monoisotopic (exact) mass is 621 g/mol. The number of anilines is 2. The number of thioether (sulfide) groups is 1. The highest BCUT2D eigenvalue weighted by Gasteiger charge is 2.36. The Bertz CT molecular complexity index is 1540. The topological polar surface area (TPSA) is 105 Å². The smallest absolute Gasteiger partial charge is 0.294 e. The van der Waals surface area contributed by atoms with Crippen LogP contribution in [0.1, 0.15) is 27.8 Å². The first-order valence-corrected chi connectivity index (χ1v) is 14.0. The van der Waals surface area contributed by atoms with E-state index in [1.807, 2.05) is 52.0 Å². The van der Waals surface area contributed by atoms with Gasteiger partial charge in [-0.1, -0.05) is 24.3 Å². The lowest BCUT2D eigenvalue weighted by Crippen LogP contribution is -2.36. The minimum atomic E-state index is -0.527. The van der Waals surface area contributed by atoms with Crippen LogP contribution in [0.2, 0.25) is 0 Å². The molecular weight excluding hydrogens is 594 g/mol. The molecule has 0 radical (unpaired) electrons. The summed E-state index contributed by atoms with van der Waals surface area (Å²) in [5, 5.41) is 5.09. The first kappa shape index (κ1) is 29.1. The van der Waals surface area contributed by atoms with E-state index < -0.39 is 17.1 Å². The Balaban J connectivity index is 1.32. The average molecular weight is 623 g/mol. The fourth-order valence-corrected chi connectivity index (χ4v) is 5.27. The van der Waals surface area contributed by atoms with Gasteiger partial charge in [-0.15, -0.1) is 0 Å². The summed E-state index contributed by atoms with van der Waals surface area (Å²) in [4.78, 5) is 51.4. The zero-order chi connectivity index (χ0) is 29.0. The molecule has 2 N–H and O–H groups in total. The molecule has 3 aromatic carbocycles. The number of carbonyl (C=O) groups is 4. The molecule has 1 aliphatic rings. The van der Waals surface area contributed by atoms with Crippen LogP contribution in [-0.4, -0.2) is 41.0 Å². The van der Waals surface area contributed by atoms with Crippen LogP contribution in [0.4, 0.5) is 16.2 Å². The van der Waals surface area contributed by atoms with Gasteiger partial charge in [0.05, 0.1) is 10.6 Å². The van der Waals surface area contributed by atoms with Gasteiger partial charge >= 0.3 is 0 Å². The van der Waals surface area contributed by atoms with Gasteiger partial charge in [-0.05, 0) is 120 Å². The van der Waals surface area contributed by atoms with Gasteiger partial charge in [0, 0.05) is 10.2 Å². The summed E-state index contributed by atoms with van der Waals surface area (Å²) in [6, 6.07) is 16.2. The predicted molar refractivity (Wildman–Crippen MR) is 161 cm³/mol. The minimum Gasteiger partial charge on any atom is -0.484 e. The van der Waals surface area contributed by atoms with E-state index in [4.69, 9.17) is 4.74 Å². The molecule has 1 saturated heterocycles. The van der Waals surface area contributed by atoms with Gasteiger partial charge in [-0.2, -0.15) is 0 Å². The van der Waals surface area contributed by atoms with Gasteiger partial charge in [-0.3, -0.25) is 24.1 Å². The highest BCUT2D eigenvalue weighted by atomic mass is 79.9. The van der Waals surface area contributed by atoms with Crippen molar-refractivity contribution in [3.8, 4) is 5.75 Å². The molecule has 1 fully saturated rings. The number of benzene rings is 3. The molecule has 10 heteroatoms. The number of hydrogen-bond donors (Lipinski definition) is 2. The van der Waals surface area contributed by atoms with Crippen molar-refractivity contribution in [2.24, 2.45) is 0 Å². The Kier molecular flexibility index (Phi) is 9.11. The van der Waals surface area contributed by atoms with Crippen LogP contribution >= 0.6 is 27.7 Å². The lowest BCUT2D eigenvalue weighted by molar-refractivity contribution is -0.127. The SMILES string of the molecule is Cc1cc(Br)c(NC(=O)COc2ccc(/C=C3/SC(=O)N(CC(=O)Nc4cccc(C)c4C)C3=O)cc2)cc1C. The van der Waals surface area contributed by atoms with Crippen molar-refractivity contribution in [3.05, 3.63) is 91.8 Å². The van der Waals surface area contributed by atoms with Gasteiger partial charge in [0.15, 0.2) is 6.61 Å². The van der Waals surface area contributed by atoms with Crippen LogP contribution in [-0.2, 0) is 14.4 Å². The van der Waals surface area contributed by atoms with Crippen molar-refractivity contribution < 1.29 is 23.9 Å². The number of imide groups is 1. The second-order valence-electron chi connectivity index (χ2n) is 9.39. The third-order valence-corrected chi connectivity index (χ3v) is 8.02. The molecule has 0 saturated carbocycles. The van der Waals surface area contributed by atoms with Gasteiger partial charge in [0.1, 0.15) is 12.3 Å². The van der Waals surface area contributed by atoms with E-state index >= 15 is 0 Å². The molecule has 40 heavy (non-hydrogen) atoms. The molecule has 0 aliphatic carbocycles. The summed E-state index contributed by atoms with van der Waals surface area (Å²) in [5.41, 5.74) is 6.11. The van der Waals surface area contributed by atoms with E-state index in [1.54, 1.807) is 36.4 Å². The molecule has 1 heterocycles. The van der Waals surface area contributed by atoms with Crippen LogP contribution < -0.4 is 15.4 Å². The molecule has 0 atom stereocenters. The molecular formula is C30H28BrN3O5S. The zero-order valence-corrected chi connectivity index (χ0v) is 24.9. The molecule has 8 nitrogen and oxygen atoms in total. The number of halogens is 1. The van der Waals surface area contributed by atoms with E-state index in [9.17, 15) is 19.2 Å². The van der Waals surface area contributed by atoms with Crippen molar-refractivity contribution in [1.82, 2.24) is 4.90 Å². The standard InChI is InChI=1S/C30H28BrN3O5S/c1-17-6-5-7-24(20(17)4)32-27(35)15-34-29(37)26(40-30(34)38)14-21-8-10-22(11-9-21)39-16-28(36)33-25-13-19(3)18(2)12-23(25)31/h5-14H,15-16H2,1-4H3,(H,32,35)(H,33,36)/b26-14+. The predicted octanol–water partition coefficient (Wildman–Crippen LogP) is 6.38. The molecule has 3 aromatic rings. The zero-order valence-electron chi connectivity index (χ0n) is 22.5. The van der Waals surface area contributed by atoms with Crippen LogP contribution in [0.5, 0.6) is 5.75 Å². The summed E-state index contributed by atoms with van der Waals surface area (Å²) >= 11 is 4.24. The molecule has 0 unspecified atom stereocenters. The van der Waals surface area contributed by atoms with Crippen LogP contribution in [0, 0.1) is 27.7 Å². The Labute approximate surface area is 245 Å². The average Bonchev–Trinajstić information content (AvgIpc) is 3.16. The summed E-state index contributed by atoms with van der Waals surface area (Å²) in [6.07, 6.45) is 1.58. The number of aryl methyl sites for hydroxylation is 3. The summed E-state index contributed by atoms with van der Waals surface area (Å²) in [5.74, 6) is -0.806. The number of amides is 4. The Hall–Kier alpha value is -3.89. The highest BCUT2D eigenvalue weighted by molar-refractivity contribution is 9.10. The number of nitrogens with zero attached hydrogens (tertiary/aromatic N) is 1. The van der Waals surface area contributed by atoms with Crippen molar-refractivity contribution in [1.29, 1.82) is 0 Å². The van der Waals surface area contributed by atoms with Crippen LogP contribution in [0.3, 0.4) is 0 Å². The van der Waals surface area contributed by atoms with E-state index in [-0.39, 0.29) is 24.0 Å². The number of rotatable bonds is 8. The van der Waals surface area contributed by atoms with Crippen molar-refractivity contribution >= 4 is 68.1 Å². The molecule has 4 rings (SSSR count). The quantitative estimate of drug-likeness (QED) is 0.283. The maximum absolute atomic E-state index is 12.9. The second kappa shape index (κ2) is 12.5. The fraction of sp³-hybridized carbons (Fsp3) is 0.200. The number of ether oxygens (including phenoxy) is 1. The van der Waals surface area contributed by atoms with E-state index in [0.717, 1.165) is 43.4 Å². The maximum atomic E-state index is 12.9. The largest absolute Gasteiger partial charge is 0.484 e. The van der Waals surface area contributed by atoms with Gasteiger partial charge in [0.2, 0.25) is 5.91 Å². The van der Waals surface area contributed by atoms with Crippen LogP contribution in [0.15, 0.2) is 64.0 Å². The third-order valence-electron chi connectivity index (χ3n) is 6.46. The molecule has 1 aliphatic heterocycles. The number of hydrogen-bond acceptors (Lipinski definition) is 6. The van der Waals surface area contributed by atoms with Gasteiger partial charge in [-0.25, -0.2) is 0 Å². The highest BCUT2D eigenvalue weighted by Crippen LogP contribution is 2.32. The molecule has 4 amide bonds. The summed E-state index contributed by atoms with van der Waals surface area (Å²) in [6.45, 7) is 7.25. The minimum absolute atomic E-state index is 0.179. The van der Waals surface area contributed by atoms with Crippen molar-refractivity contribution in [2.75, 3.05) is 23.8 Å². The summed E-state index contributed by atoms with van der Waals surface area (Å²) in [7, 11) is 0. The lowest BCUT2D eigenvalue weighted by atomic mass is 10.1. The second-order valence-corrected chi connectivity index (χ2v) is 11.2. The number of carbonyl (C=O) groups excluding carboxylic acids is 4. The Morgan fingerprint density at radius 3 is 2.30 bits per heavy atom. The van der Waals surface area contributed by atoms with Crippen LogP contribution in [0.25, 0.3) is 6.08 Å². The molecule has 0 spiro atoms. The fourth-order valence-electron chi connectivity index (χ4n) is 3.88. The van der Waals surface area contributed by atoms with Gasteiger partial charge < -0.3 is 15.4 Å². The van der Waals surface area contributed by atoms with E-state index in [0.29, 0.717) is 22.7 Å². The Morgan fingerprint density at radius 2 is 1.57 bits per heavy atom. The van der Waals surface area contributed by atoms with Gasteiger partial charge in [0.25, 0.3) is 17.1 Å². The number of nitrogens with one attached hydrogen (secondary N) is 2. The molecule has 0 aromatic heterocycles. The first-order valence-electron chi connectivity index (χ1n) is 12.4. The van der Waals surface area contributed by atoms with E-state index in [1.165, 1.54) is 0 Å².